The van der Waals surface area contributed by atoms with Gasteiger partial charge in [-0.1, -0.05) is 23.8 Å². The molecule has 0 bridgehead atoms. The molecule has 2 saturated carbocycles. The quantitative estimate of drug-likeness (QED) is 0.232. The van der Waals surface area contributed by atoms with Gasteiger partial charge in [-0.2, -0.15) is 5.10 Å². The second kappa shape index (κ2) is 14.3. The molecule has 2 aromatic rings. The highest BCUT2D eigenvalue weighted by Crippen LogP contribution is 2.37. The van der Waals surface area contributed by atoms with E-state index in [4.69, 9.17) is 21.3 Å². The maximum Gasteiger partial charge on any atom is 0.407 e. The molecule has 9 nitrogen and oxygen atoms in total. The third-order valence-corrected chi connectivity index (χ3v) is 8.63. The lowest BCUT2D eigenvalue weighted by Gasteiger charge is -2.30. The van der Waals surface area contributed by atoms with Crippen molar-refractivity contribution in [2.75, 3.05) is 18.4 Å². The Kier molecular flexibility index (Phi) is 10.3. The highest BCUT2D eigenvalue weighted by atomic mass is 35.5. The van der Waals surface area contributed by atoms with Crippen LogP contribution in [0.4, 0.5) is 10.7 Å². The van der Waals surface area contributed by atoms with Crippen LogP contribution < -0.4 is 16.0 Å². The zero-order valence-corrected chi connectivity index (χ0v) is 24.5. The minimum absolute atomic E-state index is 0.0388. The van der Waals surface area contributed by atoms with Crippen LogP contribution in [0.15, 0.2) is 24.5 Å². The summed E-state index contributed by atoms with van der Waals surface area (Å²) in [4.78, 5) is 21.4. The molecule has 3 N–H and O–H groups in total. The Morgan fingerprint density at radius 3 is 2.65 bits per heavy atom. The maximum absolute atomic E-state index is 12.1. The Bertz CT molecular complexity index is 1140. The number of hydrogen-bond donors (Lipinski definition) is 3. The first kappa shape index (κ1) is 28.9. The number of hydrogen-bond acceptors (Lipinski definition) is 7. The molecule has 10 heteroatoms. The van der Waals surface area contributed by atoms with Gasteiger partial charge in [0.05, 0.1) is 23.1 Å². The van der Waals surface area contributed by atoms with Gasteiger partial charge in [0, 0.05) is 36.9 Å². The van der Waals surface area contributed by atoms with E-state index in [1.165, 1.54) is 18.5 Å². The number of amides is 1. The molecule has 3 aliphatic rings. The van der Waals surface area contributed by atoms with Crippen molar-refractivity contribution < 1.29 is 9.53 Å². The van der Waals surface area contributed by atoms with Gasteiger partial charge in [-0.25, -0.2) is 14.8 Å². The third kappa shape index (κ3) is 8.43. The van der Waals surface area contributed by atoms with Crippen LogP contribution >= 0.6 is 11.6 Å². The molecule has 1 amide bonds. The second-order valence-electron chi connectivity index (χ2n) is 11.6. The molecule has 2 aromatic heterocycles. The van der Waals surface area contributed by atoms with Crippen molar-refractivity contribution in [3.63, 3.8) is 0 Å². The zero-order valence-electron chi connectivity index (χ0n) is 23.7. The monoisotopic (exact) mass is 569 g/mol. The molecule has 40 heavy (non-hydrogen) atoms. The summed E-state index contributed by atoms with van der Waals surface area (Å²) in [6, 6.07) is 0.835. The van der Waals surface area contributed by atoms with Crippen LogP contribution in [-0.2, 0) is 18.2 Å². The lowest BCUT2D eigenvalue weighted by Crippen LogP contribution is -2.38. The minimum atomic E-state index is -0.281. The van der Waals surface area contributed by atoms with Crippen LogP contribution in [0.2, 0.25) is 5.02 Å². The molecule has 1 unspecified atom stereocenters. The summed E-state index contributed by atoms with van der Waals surface area (Å²) in [5.74, 6) is 1.38. The molecule has 0 spiro atoms. The molecular weight excluding hydrogens is 526 g/mol. The number of nitrogens with zero attached hydrogens (tertiary/aromatic N) is 4. The summed E-state index contributed by atoms with van der Waals surface area (Å²) < 4.78 is 7.57. The van der Waals surface area contributed by atoms with Crippen LogP contribution in [0.3, 0.4) is 0 Å². The van der Waals surface area contributed by atoms with E-state index in [2.05, 4.69) is 38.2 Å². The van der Waals surface area contributed by atoms with Crippen LogP contribution in [0.1, 0.15) is 82.7 Å². The SMILES string of the molecule is Cn1ncc(-c2nc(NC3CCC(NCCCNC(=O)OC4CC/C=C/CCC4)CC3)ncc2Cl)c1CC1CC1. The number of allylic oxidation sites excluding steroid dienone is 2. The first-order valence-corrected chi connectivity index (χ1v) is 15.6. The fourth-order valence-corrected chi connectivity index (χ4v) is 5.96. The van der Waals surface area contributed by atoms with E-state index in [0.29, 0.717) is 29.6 Å². The lowest BCUT2D eigenvalue weighted by molar-refractivity contribution is 0.0864. The van der Waals surface area contributed by atoms with Gasteiger partial charge >= 0.3 is 6.09 Å². The first-order valence-electron chi connectivity index (χ1n) is 15.2. The largest absolute Gasteiger partial charge is 0.446 e. The predicted molar refractivity (Wildman–Crippen MR) is 158 cm³/mol. The van der Waals surface area contributed by atoms with Crippen LogP contribution in [0.25, 0.3) is 11.3 Å². The van der Waals surface area contributed by atoms with E-state index in [1.807, 2.05) is 17.9 Å². The zero-order chi connectivity index (χ0) is 27.7. The Balaban J connectivity index is 1.00. The fourth-order valence-electron chi connectivity index (χ4n) is 5.77. The molecule has 0 aliphatic heterocycles. The van der Waals surface area contributed by atoms with Crippen molar-refractivity contribution in [1.29, 1.82) is 0 Å². The Morgan fingerprint density at radius 2 is 1.82 bits per heavy atom. The number of halogens is 1. The fraction of sp³-hybridized carbons (Fsp3) is 0.667. The van der Waals surface area contributed by atoms with E-state index in [1.54, 1.807) is 6.20 Å². The highest BCUT2D eigenvalue weighted by Gasteiger charge is 2.27. The van der Waals surface area contributed by atoms with Gasteiger partial charge in [0.25, 0.3) is 0 Å². The number of nitrogens with one attached hydrogen (secondary N) is 3. The summed E-state index contributed by atoms with van der Waals surface area (Å²) in [7, 11) is 1.99. The normalized spacial score (nSPS) is 24.1. The number of anilines is 1. The molecule has 2 fully saturated rings. The minimum Gasteiger partial charge on any atom is -0.446 e. The summed E-state index contributed by atoms with van der Waals surface area (Å²) >= 11 is 6.54. The van der Waals surface area contributed by atoms with E-state index in [-0.39, 0.29) is 12.2 Å². The molecule has 2 heterocycles. The van der Waals surface area contributed by atoms with Gasteiger partial charge in [-0.05, 0) is 95.9 Å². The van der Waals surface area contributed by atoms with Gasteiger partial charge in [0.2, 0.25) is 5.95 Å². The van der Waals surface area contributed by atoms with Crippen LogP contribution in [0.5, 0.6) is 0 Å². The van der Waals surface area contributed by atoms with Gasteiger partial charge in [-0.15, -0.1) is 0 Å². The van der Waals surface area contributed by atoms with Crippen LogP contribution in [-0.4, -0.2) is 57.1 Å². The predicted octanol–water partition coefficient (Wildman–Crippen LogP) is 5.80. The molecule has 0 radical (unpaired) electrons. The Labute approximate surface area is 242 Å². The van der Waals surface area contributed by atoms with E-state index in [9.17, 15) is 4.79 Å². The third-order valence-electron chi connectivity index (χ3n) is 8.35. The number of carbonyl (C=O) groups is 1. The van der Waals surface area contributed by atoms with Gasteiger partial charge in [-0.3, -0.25) is 4.68 Å². The second-order valence-corrected chi connectivity index (χ2v) is 12.0. The van der Waals surface area contributed by atoms with E-state index >= 15 is 0 Å². The highest BCUT2D eigenvalue weighted by molar-refractivity contribution is 6.32. The number of aryl methyl sites for hydroxylation is 1. The van der Waals surface area contributed by atoms with Gasteiger partial charge in [0.1, 0.15) is 6.10 Å². The molecule has 0 saturated heterocycles. The molecular formula is C30H44ClN7O2. The average Bonchev–Trinajstić information content (AvgIpc) is 3.69. The summed E-state index contributed by atoms with van der Waals surface area (Å²) in [5, 5.41) is 15.2. The number of carbonyl (C=O) groups excluding carboxylic acids is 1. The summed E-state index contributed by atoms with van der Waals surface area (Å²) in [5.41, 5.74) is 2.97. The lowest BCUT2D eigenvalue weighted by atomic mass is 9.91. The number of rotatable bonds is 11. The van der Waals surface area contributed by atoms with Crippen molar-refractivity contribution in [1.82, 2.24) is 30.4 Å². The van der Waals surface area contributed by atoms with Crippen molar-refractivity contribution in [3.05, 3.63) is 35.3 Å². The van der Waals surface area contributed by atoms with Gasteiger partial charge < -0.3 is 20.7 Å². The number of ether oxygens (including phenoxy) is 1. The molecule has 0 aromatic carbocycles. The maximum atomic E-state index is 12.1. The number of aromatic nitrogens is 4. The molecule has 1 atom stereocenters. The smallest absolute Gasteiger partial charge is 0.407 e. The molecule has 3 aliphatic carbocycles. The first-order chi connectivity index (χ1) is 19.5. The van der Waals surface area contributed by atoms with Crippen molar-refractivity contribution in [3.8, 4) is 11.3 Å². The molecule has 5 rings (SSSR count). The summed E-state index contributed by atoms with van der Waals surface area (Å²) in [6.07, 6.45) is 21.6. The molecule has 218 valence electrons. The Morgan fingerprint density at radius 1 is 1.02 bits per heavy atom. The van der Waals surface area contributed by atoms with Crippen LogP contribution in [0, 0.1) is 5.92 Å². The van der Waals surface area contributed by atoms with Crippen molar-refractivity contribution in [2.24, 2.45) is 13.0 Å². The standard InChI is InChI=1S/C30H44ClN7O2/c1-38-27(18-21-10-11-21)25(19-35-38)28-26(31)20-34-29(37-28)36-23-14-12-22(13-15-23)32-16-7-17-33-30(39)40-24-8-5-3-2-4-6-9-24/h2-3,19-24,32H,4-18H2,1H3,(H,33,39)(H,34,36,37)/b3-2+. The van der Waals surface area contributed by atoms with Gasteiger partial charge in [0.15, 0.2) is 0 Å². The van der Waals surface area contributed by atoms with E-state index in [0.717, 1.165) is 94.3 Å². The van der Waals surface area contributed by atoms with Crippen molar-refractivity contribution in [2.45, 2.75) is 102 Å². The summed E-state index contributed by atoms with van der Waals surface area (Å²) in [6.45, 7) is 1.51. The Hall–Kier alpha value is -2.65. The average molecular weight is 570 g/mol. The topological polar surface area (TPSA) is 106 Å². The van der Waals surface area contributed by atoms with Crippen molar-refractivity contribution >= 4 is 23.6 Å². The number of alkyl carbamates (subject to hydrolysis) is 1. The van der Waals surface area contributed by atoms with E-state index < -0.39 is 0 Å².